The van der Waals surface area contributed by atoms with Gasteiger partial charge in [0.15, 0.2) is 0 Å². The van der Waals surface area contributed by atoms with Crippen LogP contribution in [-0.2, 0) is 24.7 Å². The van der Waals surface area contributed by atoms with Gasteiger partial charge in [0.25, 0.3) is 0 Å². The van der Waals surface area contributed by atoms with E-state index in [4.69, 9.17) is 5.10 Å². The highest BCUT2D eigenvalue weighted by Gasteiger charge is 2.28. The lowest BCUT2D eigenvalue weighted by Crippen LogP contribution is -2.38. The van der Waals surface area contributed by atoms with Crippen LogP contribution in [0.5, 0.6) is 0 Å². The Kier molecular flexibility index (Phi) is 4.81. The molecular formula is C21H28N4O. The Hall–Kier alpha value is -2.14. The van der Waals surface area contributed by atoms with E-state index in [2.05, 4.69) is 41.1 Å². The van der Waals surface area contributed by atoms with E-state index in [0.29, 0.717) is 18.4 Å². The number of aromatic nitrogens is 2. The monoisotopic (exact) mass is 352 g/mol. The van der Waals surface area contributed by atoms with Gasteiger partial charge in [0.2, 0.25) is 5.91 Å². The second kappa shape index (κ2) is 7.23. The van der Waals surface area contributed by atoms with Crippen molar-refractivity contribution in [2.75, 3.05) is 26.7 Å². The third kappa shape index (κ3) is 3.28. The molecule has 0 aliphatic carbocycles. The van der Waals surface area contributed by atoms with Gasteiger partial charge < -0.3 is 9.80 Å². The van der Waals surface area contributed by atoms with Gasteiger partial charge in [0.05, 0.1) is 11.4 Å². The highest BCUT2D eigenvalue weighted by atomic mass is 16.2. The van der Waals surface area contributed by atoms with Crippen LogP contribution in [0.25, 0.3) is 11.3 Å². The minimum Gasteiger partial charge on any atom is -0.342 e. The van der Waals surface area contributed by atoms with Gasteiger partial charge in [-0.05, 0) is 32.9 Å². The molecule has 1 amide bonds. The summed E-state index contributed by atoms with van der Waals surface area (Å²) in [5.74, 6) is 0.305. The number of fused-ring (bicyclic) bond motifs is 1. The number of aryl methyl sites for hydroxylation is 1. The standard InChI is InChI=1S/C21H28N4O/c1-23-12-6-9-17(23)15-20(26)25-13-10-18-19(11-14-25)22-24(2)21(18)16-7-4-3-5-8-16/h3-5,7-8,17H,6,9-15H2,1-2H3. The van der Waals surface area contributed by atoms with Crippen LogP contribution in [0.1, 0.15) is 30.5 Å². The summed E-state index contributed by atoms with van der Waals surface area (Å²) in [6.45, 7) is 2.70. The molecule has 1 atom stereocenters. The SMILES string of the molecule is CN1CCCC1CC(=O)N1CCc2nn(C)c(-c3ccccc3)c2CC1. The lowest BCUT2D eigenvalue weighted by molar-refractivity contribution is -0.132. The first kappa shape index (κ1) is 17.3. The third-order valence-corrected chi connectivity index (χ3v) is 5.96. The smallest absolute Gasteiger partial charge is 0.224 e. The average molecular weight is 352 g/mol. The molecule has 1 aromatic carbocycles. The van der Waals surface area contributed by atoms with E-state index in [1.54, 1.807) is 0 Å². The Balaban J connectivity index is 1.49. The molecule has 0 saturated carbocycles. The quantitative estimate of drug-likeness (QED) is 0.852. The number of nitrogens with zero attached hydrogens (tertiary/aromatic N) is 4. The van der Waals surface area contributed by atoms with Crippen LogP contribution >= 0.6 is 0 Å². The largest absolute Gasteiger partial charge is 0.342 e. The van der Waals surface area contributed by atoms with Crippen LogP contribution in [-0.4, -0.2) is 58.2 Å². The molecule has 5 heteroatoms. The van der Waals surface area contributed by atoms with Crippen molar-refractivity contribution in [1.29, 1.82) is 0 Å². The van der Waals surface area contributed by atoms with E-state index < -0.39 is 0 Å². The zero-order chi connectivity index (χ0) is 18.1. The molecule has 138 valence electrons. The molecule has 2 aliphatic heterocycles. The molecule has 0 spiro atoms. The lowest BCUT2D eigenvalue weighted by atomic mass is 10.0. The van der Waals surface area contributed by atoms with Crippen molar-refractivity contribution in [2.24, 2.45) is 7.05 Å². The van der Waals surface area contributed by atoms with Crippen molar-refractivity contribution in [1.82, 2.24) is 19.6 Å². The second-order valence-electron chi connectivity index (χ2n) is 7.63. The van der Waals surface area contributed by atoms with Crippen molar-refractivity contribution in [3.05, 3.63) is 41.6 Å². The number of hydrogen-bond acceptors (Lipinski definition) is 3. The van der Waals surface area contributed by atoms with Crippen LogP contribution in [0.2, 0.25) is 0 Å². The summed E-state index contributed by atoms with van der Waals surface area (Å²) in [7, 11) is 4.16. The van der Waals surface area contributed by atoms with Gasteiger partial charge in [0, 0.05) is 50.1 Å². The van der Waals surface area contributed by atoms with Gasteiger partial charge in [0.1, 0.15) is 0 Å². The summed E-state index contributed by atoms with van der Waals surface area (Å²) in [5.41, 5.74) is 4.87. The maximum Gasteiger partial charge on any atom is 0.224 e. The Bertz CT molecular complexity index is 783. The van der Waals surface area contributed by atoms with Gasteiger partial charge in [-0.25, -0.2) is 0 Å². The molecule has 0 radical (unpaired) electrons. The molecular weight excluding hydrogens is 324 g/mol. The minimum absolute atomic E-state index is 0.305. The van der Waals surface area contributed by atoms with Crippen LogP contribution in [0.4, 0.5) is 0 Å². The molecule has 26 heavy (non-hydrogen) atoms. The maximum absolute atomic E-state index is 12.8. The van der Waals surface area contributed by atoms with E-state index in [9.17, 15) is 4.79 Å². The zero-order valence-corrected chi connectivity index (χ0v) is 15.8. The number of likely N-dealkylation sites (tertiary alicyclic amines) is 1. The van der Waals surface area contributed by atoms with Crippen LogP contribution in [0.3, 0.4) is 0 Å². The number of hydrogen-bond donors (Lipinski definition) is 0. The van der Waals surface area contributed by atoms with Crippen LogP contribution < -0.4 is 0 Å². The number of benzene rings is 1. The second-order valence-corrected chi connectivity index (χ2v) is 7.63. The van der Waals surface area contributed by atoms with Gasteiger partial charge in [-0.3, -0.25) is 9.48 Å². The molecule has 4 rings (SSSR count). The van der Waals surface area contributed by atoms with E-state index >= 15 is 0 Å². The topological polar surface area (TPSA) is 41.4 Å². The molecule has 2 aliphatic rings. The molecule has 1 unspecified atom stereocenters. The van der Waals surface area contributed by atoms with Crippen molar-refractivity contribution in [3.63, 3.8) is 0 Å². The molecule has 5 nitrogen and oxygen atoms in total. The Morgan fingerprint density at radius 2 is 1.88 bits per heavy atom. The third-order valence-electron chi connectivity index (χ3n) is 5.96. The predicted molar refractivity (Wildman–Crippen MR) is 103 cm³/mol. The molecule has 0 N–H and O–H groups in total. The lowest BCUT2D eigenvalue weighted by Gasteiger charge is -2.25. The maximum atomic E-state index is 12.8. The van der Waals surface area contributed by atoms with Crippen molar-refractivity contribution in [2.45, 2.75) is 38.1 Å². The first-order chi connectivity index (χ1) is 12.6. The Morgan fingerprint density at radius 1 is 1.12 bits per heavy atom. The number of rotatable bonds is 3. The van der Waals surface area contributed by atoms with Crippen molar-refractivity contribution in [3.8, 4) is 11.3 Å². The predicted octanol–water partition coefficient (Wildman–Crippen LogP) is 2.50. The molecule has 1 aromatic heterocycles. The van der Waals surface area contributed by atoms with Crippen LogP contribution in [0, 0.1) is 0 Å². The summed E-state index contributed by atoms with van der Waals surface area (Å²) in [5, 5.41) is 4.77. The summed E-state index contributed by atoms with van der Waals surface area (Å²) in [4.78, 5) is 17.2. The highest BCUT2D eigenvalue weighted by Crippen LogP contribution is 2.29. The Morgan fingerprint density at radius 3 is 2.62 bits per heavy atom. The van der Waals surface area contributed by atoms with E-state index in [1.165, 1.54) is 23.2 Å². The first-order valence-electron chi connectivity index (χ1n) is 9.71. The molecule has 2 aromatic rings. The normalized spacial score (nSPS) is 20.8. The van der Waals surface area contributed by atoms with E-state index in [0.717, 1.165) is 44.6 Å². The molecule has 3 heterocycles. The molecule has 1 fully saturated rings. The zero-order valence-electron chi connectivity index (χ0n) is 15.8. The highest BCUT2D eigenvalue weighted by molar-refractivity contribution is 5.77. The fourth-order valence-corrected chi connectivity index (χ4v) is 4.46. The Labute approximate surface area is 155 Å². The fraction of sp³-hybridized carbons (Fsp3) is 0.524. The van der Waals surface area contributed by atoms with Crippen molar-refractivity contribution < 1.29 is 4.79 Å². The van der Waals surface area contributed by atoms with Gasteiger partial charge in [-0.15, -0.1) is 0 Å². The van der Waals surface area contributed by atoms with Crippen LogP contribution in [0.15, 0.2) is 30.3 Å². The fourth-order valence-electron chi connectivity index (χ4n) is 4.46. The van der Waals surface area contributed by atoms with Crippen molar-refractivity contribution >= 4 is 5.91 Å². The van der Waals surface area contributed by atoms with E-state index in [1.807, 2.05) is 17.8 Å². The number of amides is 1. The van der Waals surface area contributed by atoms with E-state index in [-0.39, 0.29) is 0 Å². The summed E-state index contributed by atoms with van der Waals surface area (Å²) < 4.78 is 2.00. The summed E-state index contributed by atoms with van der Waals surface area (Å²) in [6, 6.07) is 10.9. The molecule has 1 saturated heterocycles. The summed E-state index contributed by atoms with van der Waals surface area (Å²) >= 11 is 0. The molecule has 0 bridgehead atoms. The average Bonchev–Trinajstić information content (AvgIpc) is 3.11. The minimum atomic E-state index is 0.305. The number of carbonyl (C=O) groups is 1. The summed E-state index contributed by atoms with van der Waals surface area (Å²) in [6.07, 6.45) is 4.76. The first-order valence-corrected chi connectivity index (χ1v) is 9.71. The van der Waals surface area contributed by atoms with Gasteiger partial charge in [-0.2, -0.15) is 5.10 Å². The van der Waals surface area contributed by atoms with Gasteiger partial charge >= 0.3 is 0 Å². The van der Waals surface area contributed by atoms with Gasteiger partial charge in [-0.1, -0.05) is 30.3 Å². The number of carbonyl (C=O) groups excluding carboxylic acids is 1.